The van der Waals surface area contributed by atoms with E-state index in [1.807, 2.05) is 0 Å². The number of benzene rings is 1. The Hall–Kier alpha value is -1.39. The van der Waals surface area contributed by atoms with Crippen molar-refractivity contribution >= 4 is 23.7 Å². The number of nitrogens with one attached hydrogen (secondary N) is 1. The maximum Gasteiger partial charge on any atom is 0.268 e. The number of hydrogen-bond donors (Lipinski definition) is 2. The van der Waals surface area contributed by atoms with Gasteiger partial charge in [-0.1, -0.05) is 23.7 Å². The number of halogens is 1. The minimum absolute atomic E-state index is 0.541. The minimum atomic E-state index is -1.06. The Balaban J connectivity index is 2.51. The second kappa shape index (κ2) is 5.48. The van der Waals surface area contributed by atoms with E-state index in [4.69, 9.17) is 16.7 Å². The third kappa shape index (κ3) is 4.10. The van der Waals surface area contributed by atoms with Crippen molar-refractivity contribution in [2.75, 3.05) is 0 Å². The van der Waals surface area contributed by atoms with Gasteiger partial charge in [-0.15, -0.1) is 0 Å². The minimum Gasteiger partial charge on any atom is -0.383 e. The lowest BCUT2D eigenvalue weighted by molar-refractivity contribution is -0.128. The van der Waals surface area contributed by atoms with Crippen molar-refractivity contribution in [3.8, 4) is 0 Å². The predicted molar refractivity (Wildman–Crippen MR) is 58.9 cm³/mol. The zero-order valence-electron chi connectivity index (χ0n) is 8.14. The number of hydrazone groups is 1. The van der Waals surface area contributed by atoms with E-state index in [9.17, 15) is 4.79 Å². The van der Waals surface area contributed by atoms with Crippen molar-refractivity contribution in [1.82, 2.24) is 5.43 Å². The van der Waals surface area contributed by atoms with E-state index in [1.54, 1.807) is 24.3 Å². The van der Waals surface area contributed by atoms with Crippen LogP contribution in [-0.2, 0) is 4.79 Å². The molecule has 0 fully saturated rings. The molecular formula is C10H11ClN2O2. The number of rotatable bonds is 3. The Labute approximate surface area is 92.6 Å². The largest absolute Gasteiger partial charge is 0.383 e. The van der Waals surface area contributed by atoms with E-state index in [0.717, 1.165) is 5.56 Å². The number of aliphatic hydroxyl groups is 1. The van der Waals surface area contributed by atoms with Crippen LogP contribution in [0.25, 0.3) is 0 Å². The van der Waals surface area contributed by atoms with Crippen LogP contribution in [0.2, 0.25) is 5.02 Å². The molecular weight excluding hydrogens is 216 g/mol. The molecule has 4 nitrogen and oxygen atoms in total. The van der Waals surface area contributed by atoms with Gasteiger partial charge in [0.05, 0.1) is 6.21 Å². The van der Waals surface area contributed by atoms with Crippen molar-refractivity contribution in [2.24, 2.45) is 5.10 Å². The number of carbonyl (C=O) groups excluding carboxylic acids is 1. The molecule has 80 valence electrons. The average molecular weight is 227 g/mol. The van der Waals surface area contributed by atoms with Gasteiger partial charge in [0.25, 0.3) is 5.91 Å². The summed E-state index contributed by atoms with van der Waals surface area (Å²) in [4.78, 5) is 10.9. The van der Waals surface area contributed by atoms with Crippen LogP contribution in [0.3, 0.4) is 0 Å². The van der Waals surface area contributed by atoms with Crippen LogP contribution in [-0.4, -0.2) is 23.3 Å². The highest BCUT2D eigenvalue weighted by molar-refractivity contribution is 6.30. The molecule has 0 heterocycles. The van der Waals surface area contributed by atoms with E-state index in [-0.39, 0.29) is 0 Å². The lowest BCUT2D eigenvalue weighted by Gasteiger charge is -2.00. The summed E-state index contributed by atoms with van der Waals surface area (Å²) in [6.07, 6.45) is 0.406. The molecule has 1 unspecified atom stereocenters. The molecule has 0 radical (unpaired) electrons. The Kier molecular flexibility index (Phi) is 4.27. The first-order valence-corrected chi connectivity index (χ1v) is 4.74. The summed E-state index contributed by atoms with van der Waals surface area (Å²) in [5.41, 5.74) is 3.00. The lowest BCUT2D eigenvalue weighted by Crippen LogP contribution is -2.28. The zero-order chi connectivity index (χ0) is 11.3. The fraction of sp³-hybridized carbons (Fsp3) is 0.200. The van der Waals surface area contributed by atoms with Gasteiger partial charge >= 0.3 is 0 Å². The topological polar surface area (TPSA) is 61.7 Å². The van der Waals surface area contributed by atoms with Crippen LogP contribution in [0.15, 0.2) is 29.4 Å². The number of nitrogens with zero attached hydrogens (tertiary/aromatic N) is 1. The van der Waals surface area contributed by atoms with Gasteiger partial charge in [-0.25, -0.2) is 5.43 Å². The Morgan fingerprint density at radius 2 is 2.13 bits per heavy atom. The molecule has 1 amide bonds. The number of carbonyl (C=O) groups is 1. The van der Waals surface area contributed by atoms with Gasteiger partial charge in [0.15, 0.2) is 0 Å². The van der Waals surface area contributed by atoms with Gasteiger partial charge in [-0.2, -0.15) is 5.10 Å². The first kappa shape index (κ1) is 11.7. The second-order valence-electron chi connectivity index (χ2n) is 2.96. The molecule has 2 N–H and O–H groups in total. The molecule has 1 aromatic rings. The summed E-state index contributed by atoms with van der Waals surface area (Å²) in [6.45, 7) is 1.37. The third-order valence-corrected chi connectivity index (χ3v) is 1.89. The molecule has 1 atom stereocenters. The highest BCUT2D eigenvalue weighted by Gasteiger charge is 2.05. The van der Waals surface area contributed by atoms with Crippen LogP contribution in [0, 0.1) is 0 Å². The van der Waals surface area contributed by atoms with Crippen molar-refractivity contribution in [3.63, 3.8) is 0 Å². The van der Waals surface area contributed by atoms with E-state index in [1.165, 1.54) is 13.1 Å². The van der Waals surface area contributed by atoms with E-state index in [2.05, 4.69) is 10.5 Å². The van der Waals surface area contributed by atoms with Gasteiger partial charge in [0.2, 0.25) is 0 Å². The molecule has 0 saturated heterocycles. The zero-order valence-corrected chi connectivity index (χ0v) is 8.90. The van der Waals surface area contributed by atoms with Gasteiger partial charge in [-0.3, -0.25) is 4.79 Å². The Bertz CT molecular complexity index is 360. The first-order chi connectivity index (χ1) is 7.09. The average Bonchev–Trinajstić information content (AvgIpc) is 2.20. The van der Waals surface area contributed by atoms with Crippen LogP contribution < -0.4 is 5.43 Å². The van der Waals surface area contributed by atoms with Crippen molar-refractivity contribution < 1.29 is 9.90 Å². The lowest BCUT2D eigenvalue weighted by atomic mass is 10.2. The summed E-state index contributed by atoms with van der Waals surface area (Å²) in [5.74, 6) is -0.541. The van der Waals surface area contributed by atoms with E-state index >= 15 is 0 Å². The molecule has 0 saturated carbocycles. The highest BCUT2D eigenvalue weighted by Crippen LogP contribution is 2.07. The molecule has 0 spiro atoms. The van der Waals surface area contributed by atoms with Crippen LogP contribution in [0.5, 0.6) is 0 Å². The van der Waals surface area contributed by atoms with Crippen molar-refractivity contribution in [2.45, 2.75) is 13.0 Å². The van der Waals surface area contributed by atoms with Crippen molar-refractivity contribution in [3.05, 3.63) is 34.9 Å². The van der Waals surface area contributed by atoms with Crippen LogP contribution >= 0.6 is 11.6 Å². The molecule has 0 bridgehead atoms. The Morgan fingerprint density at radius 3 is 2.67 bits per heavy atom. The maximum absolute atomic E-state index is 10.9. The molecule has 0 aliphatic heterocycles. The van der Waals surface area contributed by atoms with Gasteiger partial charge in [0, 0.05) is 5.02 Å². The number of hydrogen-bond acceptors (Lipinski definition) is 3. The normalized spacial score (nSPS) is 12.7. The quantitative estimate of drug-likeness (QED) is 0.600. The van der Waals surface area contributed by atoms with Crippen molar-refractivity contribution in [1.29, 1.82) is 0 Å². The van der Waals surface area contributed by atoms with E-state index in [0.29, 0.717) is 5.02 Å². The molecule has 1 aromatic carbocycles. The summed E-state index contributed by atoms with van der Waals surface area (Å²) in [6, 6.07) is 6.97. The molecule has 1 rings (SSSR count). The van der Waals surface area contributed by atoms with Crippen LogP contribution in [0.4, 0.5) is 0 Å². The molecule has 15 heavy (non-hydrogen) atoms. The molecule has 0 aromatic heterocycles. The second-order valence-corrected chi connectivity index (χ2v) is 3.40. The highest BCUT2D eigenvalue weighted by atomic mass is 35.5. The first-order valence-electron chi connectivity index (χ1n) is 4.36. The molecule has 0 aliphatic carbocycles. The maximum atomic E-state index is 10.9. The van der Waals surface area contributed by atoms with Gasteiger partial charge in [-0.05, 0) is 24.6 Å². The summed E-state index contributed by atoms with van der Waals surface area (Å²) >= 11 is 5.69. The SMILES string of the molecule is CC(O)C(=O)N/N=C/c1ccc(Cl)cc1. The summed E-state index contributed by atoms with van der Waals surface area (Å²) < 4.78 is 0. The predicted octanol–water partition coefficient (Wildman–Crippen LogP) is 1.17. The standard InChI is InChI=1S/C10H11ClN2O2/c1-7(14)10(15)13-12-6-8-2-4-9(11)5-3-8/h2-7,14H,1H3,(H,13,15)/b12-6+. The molecule has 5 heteroatoms. The third-order valence-electron chi connectivity index (χ3n) is 1.64. The van der Waals surface area contributed by atoms with Gasteiger partial charge < -0.3 is 5.11 Å². The summed E-state index contributed by atoms with van der Waals surface area (Å²) in [5, 5.41) is 13.2. The molecule has 0 aliphatic rings. The number of amides is 1. The fourth-order valence-electron chi connectivity index (χ4n) is 0.813. The smallest absolute Gasteiger partial charge is 0.268 e. The summed E-state index contributed by atoms with van der Waals surface area (Å²) in [7, 11) is 0. The Morgan fingerprint density at radius 1 is 1.53 bits per heavy atom. The van der Waals surface area contributed by atoms with E-state index < -0.39 is 12.0 Å². The number of aliphatic hydroxyl groups excluding tert-OH is 1. The monoisotopic (exact) mass is 226 g/mol. The van der Waals surface area contributed by atoms with Gasteiger partial charge in [0.1, 0.15) is 6.10 Å². The van der Waals surface area contributed by atoms with Crippen LogP contribution in [0.1, 0.15) is 12.5 Å². The fourth-order valence-corrected chi connectivity index (χ4v) is 0.939.